The lowest BCUT2D eigenvalue weighted by atomic mass is 10.1. The number of nitrogens with one attached hydrogen (secondary N) is 3. The van der Waals surface area contributed by atoms with E-state index in [9.17, 15) is 9.59 Å². The highest BCUT2D eigenvalue weighted by atomic mass is 16.2. The average molecular weight is 277 g/mol. The Morgan fingerprint density at radius 2 is 1.90 bits per heavy atom. The van der Waals surface area contributed by atoms with Gasteiger partial charge in [0.1, 0.15) is 0 Å². The Kier molecular flexibility index (Phi) is 5.55. The lowest BCUT2D eigenvalue weighted by molar-refractivity contribution is -0.119. The minimum atomic E-state index is -0.276. The van der Waals surface area contributed by atoms with Crippen molar-refractivity contribution >= 4 is 17.5 Å². The lowest BCUT2D eigenvalue weighted by Crippen LogP contribution is -2.40. The van der Waals surface area contributed by atoms with Crippen molar-refractivity contribution < 1.29 is 9.59 Å². The summed E-state index contributed by atoms with van der Waals surface area (Å²) in [6.07, 6.45) is 0. The summed E-state index contributed by atoms with van der Waals surface area (Å²) in [4.78, 5) is 23.4. The number of carbonyl (C=O) groups excluding carboxylic acids is 2. The molecule has 0 unspecified atom stereocenters. The Hall–Kier alpha value is -2.04. The number of carbonyl (C=O) groups is 2. The molecule has 0 aliphatic heterocycles. The Balaban J connectivity index is 2.66. The topological polar surface area (TPSA) is 70.2 Å². The summed E-state index contributed by atoms with van der Waals surface area (Å²) >= 11 is 0. The fourth-order valence-electron chi connectivity index (χ4n) is 1.63. The predicted molar refractivity (Wildman–Crippen MR) is 80.8 cm³/mol. The van der Waals surface area contributed by atoms with Crippen molar-refractivity contribution in [2.75, 3.05) is 18.4 Å². The molecule has 0 fully saturated rings. The van der Waals surface area contributed by atoms with Gasteiger partial charge in [-0.15, -0.1) is 0 Å². The molecule has 0 saturated carbocycles. The number of amides is 2. The number of hydrogen-bond acceptors (Lipinski definition) is 3. The molecule has 0 heterocycles. The molecule has 5 heteroatoms. The number of anilines is 1. The number of likely N-dealkylation sites (N-methyl/N-ethyl adjacent to an activating group) is 1. The molecule has 0 bridgehead atoms. The first-order valence-corrected chi connectivity index (χ1v) is 6.75. The van der Waals surface area contributed by atoms with E-state index in [0.29, 0.717) is 12.1 Å². The van der Waals surface area contributed by atoms with Crippen LogP contribution in [-0.2, 0) is 4.79 Å². The molecule has 1 rings (SSSR count). The van der Waals surface area contributed by atoms with Gasteiger partial charge in [0.15, 0.2) is 0 Å². The van der Waals surface area contributed by atoms with Gasteiger partial charge in [-0.2, -0.15) is 0 Å². The van der Waals surface area contributed by atoms with E-state index >= 15 is 0 Å². The average Bonchev–Trinajstić information content (AvgIpc) is 2.35. The van der Waals surface area contributed by atoms with E-state index in [0.717, 1.165) is 5.69 Å². The summed E-state index contributed by atoms with van der Waals surface area (Å²) in [5, 5.41) is 8.60. The summed E-state index contributed by atoms with van der Waals surface area (Å²) in [7, 11) is 0. The zero-order chi connectivity index (χ0) is 15.2. The van der Waals surface area contributed by atoms with E-state index in [1.807, 2.05) is 33.8 Å². The standard InChI is InChI=1S/C15H23N3O2/c1-5-16-13(19)10-17-12-8-6-7-11(9-12)14(20)18-15(2,3)4/h6-9,17H,5,10H2,1-4H3,(H,16,19)(H,18,20). The van der Waals surface area contributed by atoms with Crippen LogP contribution in [0.5, 0.6) is 0 Å². The molecule has 1 aromatic rings. The van der Waals surface area contributed by atoms with Crippen molar-refractivity contribution in [1.29, 1.82) is 0 Å². The van der Waals surface area contributed by atoms with Gasteiger partial charge >= 0.3 is 0 Å². The van der Waals surface area contributed by atoms with Crippen LogP contribution in [0.1, 0.15) is 38.1 Å². The van der Waals surface area contributed by atoms with E-state index in [2.05, 4.69) is 16.0 Å². The third-order valence-electron chi connectivity index (χ3n) is 2.44. The zero-order valence-corrected chi connectivity index (χ0v) is 12.5. The number of hydrogen-bond donors (Lipinski definition) is 3. The summed E-state index contributed by atoms with van der Waals surface area (Å²) in [6.45, 7) is 8.47. The SMILES string of the molecule is CCNC(=O)CNc1cccc(C(=O)NC(C)(C)C)c1. The van der Waals surface area contributed by atoms with Crippen molar-refractivity contribution in [3.8, 4) is 0 Å². The van der Waals surface area contributed by atoms with Gasteiger partial charge in [-0.3, -0.25) is 9.59 Å². The molecule has 0 radical (unpaired) electrons. The molecular weight excluding hydrogens is 254 g/mol. The van der Waals surface area contributed by atoms with Gasteiger partial charge < -0.3 is 16.0 Å². The minimum Gasteiger partial charge on any atom is -0.376 e. The monoisotopic (exact) mass is 277 g/mol. The summed E-state index contributed by atoms with van der Waals surface area (Å²) in [6, 6.07) is 7.10. The second-order valence-corrected chi connectivity index (χ2v) is 5.59. The molecule has 5 nitrogen and oxygen atoms in total. The van der Waals surface area contributed by atoms with Gasteiger partial charge in [0.2, 0.25) is 5.91 Å². The molecule has 110 valence electrons. The van der Waals surface area contributed by atoms with E-state index in [1.165, 1.54) is 0 Å². The van der Waals surface area contributed by atoms with Crippen LogP contribution in [0, 0.1) is 0 Å². The molecule has 20 heavy (non-hydrogen) atoms. The Morgan fingerprint density at radius 3 is 2.50 bits per heavy atom. The normalized spacial score (nSPS) is 10.8. The van der Waals surface area contributed by atoms with E-state index in [-0.39, 0.29) is 23.9 Å². The van der Waals surface area contributed by atoms with Gasteiger partial charge in [-0.25, -0.2) is 0 Å². The molecule has 0 saturated heterocycles. The van der Waals surface area contributed by atoms with Crippen LogP contribution >= 0.6 is 0 Å². The van der Waals surface area contributed by atoms with Gasteiger partial charge in [0, 0.05) is 23.3 Å². The third-order valence-corrected chi connectivity index (χ3v) is 2.44. The van der Waals surface area contributed by atoms with Crippen LogP contribution in [0.25, 0.3) is 0 Å². The minimum absolute atomic E-state index is 0.0722. The molecule has 3 N–H and O–H groups in total. The van der Waals surface area contributed by atoms with E-state index in [4.69, 9.17) is 0 Å². The molecule has 0 aromatic heterocycles. The Morgan fingerprint density at radius 1 is 1.20 bits per heavy atom. The van der Waals surface area contributed by atoms with Gasteiger partial charge in [0.05, 0.1) is 6.54 Å². The highest BCUT2D eigenvalue weighted by Gasteiger charge is 2.15. The molecular formula is C15H23N3O2. The van der Waals surface area contributed by atoms with E-state index < -0.39 is 0 Å². The van der Waals surface area contributed by atoms with Crippen molar-refractivity contribution in [3.05, 3.63) is 29.8 Å². The first-order chi connectivity index (χ1) is 9.31. The zero-order valence-electron chi connectivity index (χ0n) is 12.5. The Labute approximate surface area is 120 Å². The summed E-state index contributed by atoms with van der Waals surface area (Å²) < 4.78 is 0. The second-order valence-electron chi connectivity index (χ2n) is 5.59. The number of rotatable bonds is 5. The fourth-order valence-corrected chi connectivity index (χ4v) is 1.63. The quantitative estimate of drug-likeness (QED) is 0.768. The predicted octanol–water partition coefficient (Wildman–Crippen LogP) is 1.76. The highest BCUT2D eigenvalue weighted by molar-refractivity contribution is 5.95. The van der Waals surface area contributed by atoms with E-state index in [1.54, 1.807) is 18.2 Å². The smallest absolute Gasteiger partial charge is 0.251 e. The second kappa shape index (κ2) is 6.93. The van der Waals surface area contributed by atoms with Crippen molar-refractivity contribution in [3.63, 3.8) is 0 Å². The van der Waals surface area contributed by atoms with Crippen LogP contribution in [0.15, 0.2) is 24.3 Å². The van der Waals surface area contributed by atoms with Gasteiger partial charge in [0.25, 0.3) is 5.91 Å². The van der Waals surface area contributed by atoms with Gasteiger partial charge in [-0.1, -0.05) is 6.07 Å². The first kappa shape index (κ1) is 16.0. The van der Waals surface area contributed by atoms with Crippen molar-refractivity contribution in [2.45, 2.75) is 33.2 Å². The van der Waals surface area contributed by atoms with Gasteiger partial charge in [-0.05, 0) is 45.9 Å². The maximum absolute atomic E-state index is 12.0. The third kappa shape index (κ3) is 5.73. The van der Waals surface area contributed by atoms with Crippen LogP contribution in [0.2, 0.25) is 0 Å². The molecule has 0 atom stereocenters. The molecule has 0 spiro atoms. The maximum atomic E-state index is 12.0. The first-order valence-electron chi connectivity index (χ1n) is 6.75. The molecule has 0 aliphatic carbocycles. The summed E-state index contributed by atoms with van der Waals surface area (Å²) in [5.41, 5.74) is 1.04. The largest absolute Gasteiger partial charge is 0.376 e. The van der Waals surface area contributed by atoms with Crippen molar-refractivity contribution in [2.24, 2.45) is 0 Å². The Bertz CT molecular complexity index is 478. The van der Waals surface area contributed by atoms with Crippen LogP contribution in [-0.4, -0.2) is 30.4 Å². The van der Waals surface area contributed by atoms with Crippen LogP contribution in [0.3, 0.4) is 0 Å². The van der Waals surface area contributed by atoms with Crippen molar-refractivity contribution in [1.82, 2.24) is 10.6 Å². The fraction of sp³-hybridized carbons (Fsp3) is 0.467. The van der Waals surface area contributed by atoms with Crippen LogP contribution in [0.4, 0.5) is 5.69 Å². The molecule has 2 amide bonds. The molecule has 0 aliphatic rings. The number of benzene rings is 1. The summed E-state index contributed by atoms with van der Waals surface area (Å²) in [5.74, 6) is -0.198. The molecule has 1 aromatic carbocycles. The van der Waals surface area contributed by atoms with Crippen LogP contribution < -0.4 is 16.0 Å². The lowest BCUT2D eigenvalue weighted by Gasteiger charge is -2.20. The maximum Gasteiger partial charge on any atom is 0.251 e. The highest BCUT2D eigenvalue weighted by Crippen LogP contribution is 2.11.